The maximum absolute atomic E-state index is 12.4. The van der Waals surface area contributed by atoms with E-state index < -0.39 is 6.10 Å². The third kappa shape index (κ3) is 3.19. The fourth-order valence-electron chi connectivity index (χ4n) is 1.82. The highest BCUT2D eigenvalue weighted by Crippen LogP contribution is 2.29. The number of ketones is 1. The lowest BCUT2D eigenvalue weighted by Gasteiger charge is -2.03. The molecular weight excluding hydrogens is 298 g/mol. The smallest absolute Gasteiger partial charge is 0.197 e. The first-order valence-corrected chi connectivity index (χ1v) is 7.18. The van der Waals surface area contributed by atoms with Crippen LogP contribution in [0.5, 0.6) is 0 Å². The van der Waals surface area contributed by atoms with Gasteiger partial charge in [0.15, 0.2) is 5.78 Å². The first-order valence-electron chi connectivity index (χ1n) is 5.99. The molecule has 0 saturated carbocycles. The summed E-state index contributed by atoms with van der Waals surface area (Å²) in [6, 6.07) is 8.42. The second-order valence-corrected chi connectivity index (χ2v) is 5.92. The van der Waals surface area contributed by atoms with Crippen molar-refractivity contribution in [3.8, 4) is 0 Å². The minimum absolute atomic E-state index is 0.242. The van der Waals surface area contributed by atoms with E-state index in [1.807, 2.05) is 0 Å². The van der Waals surface area contributed by atoms with Gasteiger partial charge in [0.25, 0.3) is 0 Å². The second kappa shape index (κ2) is 6.37. The number of halogens is 1. The number of benzene rings is 1. The van der Waals surface area contributed by atoms with Crippen molar-refractivity contribution in [1.29, 1.82) is 0 Å². The molecule has 0 bridgehead atoms. The Bertz CT molecular complexity index is 627. The molecule has 6 heteroatoms. The van der Waals surface area contributed by atoms with Crippen molar-refractivity contribution in [2.75, 3.05) is 12.3 Å². The molecule has 0 spiro atoms. The predicted octanol–water partition coefficient (Wildman–Crippen LogP) is 2.11. The van der Waals surface area contributed by atoms with Gasteiger partial charge in [0.05, 0.1) is 28.3 Å². The normalized spacial score (nSPS) is 12.3. The highest BCUT2D eigenvalue weighted by Gasteiger charge is 2.19. The lowest BCUT2D eigenvalue weighted by molar-refractivity contribution is 0.0960. The molecule has 0 fully saturated rings. The van der Waals surface area contributed by atoms with Crippen molar-refractivity contribution in [3.63, 3.8) is 0 Å². The van der Waals surface area contributed by atoms with Crippen LogP contribution >= 0.6 is 22.9 Å². The zero-order valence-corrected chi connectivity index (χ0v) is 12.1. The fourth-order valence-corrected chi connectivity index (χ4v) is 3.04. The SMILES string of the molecule is Nc1sc(CC(O)CO)cc1C(=O)c1ccccc1Cl. The molecule has 1 aromatic carbocycles. The van der Waals surface area contributed by atoms with Gasteiger partial charge >= 0.3 is 0 Å². The van der Waals surface area contributed by atoms with Crippen molar-refractivity contribution < 1.29 is 15.0 Å². The molecule has 0 aliphatic heterocycles. The summed E-state index contributed by atoms with van der Waals surface area (Å²) in [5.74, 6) is -0.242. The molecular formula is C14H14ClNO3S. The van der Waals surface area contributed by atoms with Gasteiger partial charge in [-0.05, 0) is 18.2 Å². The maximum atomic E-state index is 12.4. The van der Waals surface area contributed by atoms with E-state index in [4.69, 9.17) is 22.4 Å². The summed E-state index contributed by atoms with van der Waals surface area (Å²) in [6.45, 7) is -0.328. The Balaban J connectivity index is 2.29. The Kier molecular flexibility index (Phi) is 4.77. The van der Waals surface area contributed by atoms with Crippen LogP contribution in [0, 0.1) is 0 Å². The van der Waals surface area contributed by atoms with Gasteiger partial charge < -0.3 is 15.9 Å². The molecule has 106 valence electrons. The minimum atomic E-state index is -0.851. The van der Waals surface area contributed by atoms with Crippen LogP contribution in [0.25, 0.3) is 0 Å². The minimum Gasteiger partial charge on any atom is -0.394 e. The van der Waals surface area contributed by atoms with Gasteiger partial charge in [-0.1, -0.05) is 23.7 Å². The standard InChI is InChI=1S/C14H14ClNO3S/c15-12-4-2-1-3-10(12)13(19)11-6-9(20-14(11)16)5-8(18)7-17/h1-4,6,8,17-18H,5,7,16H2. The number of aliphatic hydroxyl groups is 2. The summed E-state index contributed by atoms with van der Waals surface area (Å²) >= 11 is 7.23. The molecule has 20 heavy (non-hydrogen) atoms. The average Bonchev–Trinajstić information content (AvgIpc) is 2.79. The Labute approximate surface area is 125 Å². The molecule has 1 heterocycles. The first-order chi connectivity index (χ1) is 9.52. The predicted molar refractivity (Wildman–Crippen MR) is 80.4 cm³/mol. The summed E-state index contributed by atoms with van der Waals surface area (Å²) in [7, 11) is 0. The van der Waals surface area contributed by atoms with Crippen molar-refractivity contribution in [1.82, 2.24) is 0 Å². The lowest BCUT2D eigenvalue weighted by atomic mass is 10.0. The van der Waals surface area contributed by atoms with E-state index in [1.165, 1.54) is 11.3 Å². The van der Waals surface area contributed by atoms with Crippen LogP contribution < -0.4 is 5.73 Å². The van der Waals surface area contributed by atoms with Gasteiger partial charge in [0.2, 0.25) is 0 Å². The van der Waals surface area contributed by atoms with Gasteiger partial charge in [0, 0.05) is 16.9 Å². The molecule has 0 saturated heterocycles. The number of hydrogen-bond donors (Lipinski definition) is 3. The number of carbonyl (C=O) groups is 1. The van der Waals surface area contributed by atoms with E-state index in [0.717, 1.165) is 4.88 Å². The summed E-state index contributed by atoms with van der Waals surface area (Å²) in [4.78, 5) is 13.1. The van der Waals surface area contributed by atoms with Gasteiger partial charge in [0.1, 0.15) is 0 Å². The monoisotopic (exact) mass is 311 g/mol. The van der Waals surface area contributed by atoms with E-state index in [0.29, 0.717) is 21.2 Å². The van der Waals surface area contributed by atoms with E-state index >= 15 is 0 Å². The second-order valence-electron chi connectivity index (χ2n) is 4.34. The Morgan fingerprint density at radius 2 is 2.05 bits per heavy atom. The number of carbonyl (C=O) groups excluding carboxylic acids is 1. The van der Waals surface area contributed by atoms with Crippen LogP contribution in [0.1, 0.15) is 20.8 Å². The highest BCUT2D eigenvalue weighted by atomic mass is 35.5. The van der Waals surface area contributed by atoms with Crippen LogP contribution in [0.15, 0.2) is 30.3 Å². The van der Waals surface area contributed by atoms with Gasteiger partial charge in [-0.15, -0.1) is 11.3 Å². The van der Waals surface area contributed by atoms with Crippen molar-refractivity contribution in [2.45, 2.75) is 12.5 Å². The Hall–Kier alpha value is -1.40. The van der Waals surface area contributed by atoms with Crippen LogP contribution in [0.3, 0.4) is 0 Å². The Morgan fingerprint density at radius 3 is 2.70 bits per heavy atom. The number of rotatable bonds is 5. The van der Waals surface area contributed by atoms with E-state index in [9.17, 15) is 9.90 Å². The molecule has 0 aliphatic carbocycles. The molecule has 0 amide bonds. The molecule has 0 radical (unpaired) electrons. The number of nitrogen functional groups attached to an aromatic ring is 1. The molecule has 4 N–H and O–H groups in total. The largest absolute Gasteiger partial charge is 0.394 e. The molecule has 0 aliphatic rings. The number of nitrogens with two attached hydrogens (primary N) is 1. The molecule has 1 aromatic heterocycles. The van der Waals surface area contributed by atoms with Crippen LogP contribution in [-0.4, -0.2) is 28.7 Å². The van der Waals surface area contributed by atoms with Crippen LogP contribution in [0.4, 0.5) is 5.00 Å². The zero-order valence-electron chi connectivity index (χ0n) is 10.5. The van der Waals surface area contributed by atoms with Crippen LogP contribution in [-0.2, 0) is 6.42 Å². The van der Waals surface area contributed by atoms with E-state index in [1.54, 1.807) is 30.3 Å². The third-order valence-corrected chi connectivity index (χ3v) is 4.14. The summed E-state index contributed by atoms with van der Waals surface area (Å²) in [5, 5.41) is 19.0. The summed E-state index contributed by atoms with van der Waals surface area (Å²) in [6.07, 6.45) is -0.586. The number of anilines is 1. The molecule has 2 rings (SSSR count). The zero-order chi connectivity index (χ0) is 14.7. The molecule has 1 atom stereocenters. The summed E-state index contributed by atoms with van der Waals surface area (Å²) < 4.78 is 0. The maximum Gasteiger partial charge on any atom is 0.197 e. The van der Waals surface area contributed by atoms with Crippen molar-refractivity contribution in [2.24, 2.45) is 0 Å². The average molecular weight is 312 g/mol. The number of aliphatic hydroxyl groups excluding tert-OH is 2. The Morgan fingerprint density at radius 1 is 1.35 bits per heavy atom. The molecule has 4 nitrogen and oxygen atoms in total. The summed E-state index contributed by atoms with van der Waals surface area (Å²) in [5.41, 5.74) is 6.63. The third-order valence-electron chi connectivity index (χ3n) is 2.82. The topological polar surface area (TPSA) is 83.6 Å². The van der Waals surface area contributed by atoms with Gasteiger partial charge in [-0.2, -0.15) is 0 Å². The first kappa shape index (κ1) is 15.0. The highest BCUT2D eigenvalue weighted by molar-refractivity contribution is 7.16. The number of hydrogen-bond acceptors (Lipinski definition) is 5. The molecule has 2 aromatic rings. The van der Waals surface area contributed by atoms with Gasteiger partial charge in [-0.25, -0.2) is 0 Å². The van der Waals surface area contributed by atoms with Crippen molar-refractivity contribution >= 4 is 33.7 Å². The number of thiophene rings is 1. The molecule has 1 unspecified atom stereocenters. The lowest BCUT2D eigenvalue weighted by Crippen LogP contribution is -2.14. The van der Waals surface area contributed by atoms with Crippen molar-refractivity contribution in [3.05, 3.63) is 51.4 Å². The van der Waals surface area contributed by atoms with Gasteiger partial charge in [-0.3, -0.25) is 4.79 Å². The fraction of sp³-hybridized carbons (Fsp3) is 0.214. The van der Waals surface area contributed by atoms with E-state index in [-0.39, 0.29) is 18.8 Å². The quantitative estimate of drug-likeness (QED) is 0.738. The van der Waals surface area contributed by atoms with E-state index in [2.05, 4.69) is 0 Å². The van der Waals surface area contributed by atoms with Crippen LogP contribution in [0.2, 0.25) is 5.02 Å².